The summed E-state index contributed by atoms with van der Waals surface area (Å²) in [6.07, 6.45) is 1.31. The molecular formula is C5H5ClN2O2. The number of H-pyrrole nitrogens is 1. The molecule has 0 aliphatic carbocycles. The first kappa shape index (κ1) is 7.08. The van der Waals surface area contributed by atoms with E-state index in [4.69, 9.17) is 11.6 Å². The molecule has 0 unspecified atom stereocenters. The molecule has 5 heteroatoms. The van der Waals surface area contributed by atoms with Crippen LogP contribution in [0.25, 0.3) is 0 Å². The SMILES string of the molecule is COC(=O)c1cn[nH]c1Cl. The molecule has 4 nitrogen and oxygen atoms in total. The normalized spacial score (nSPS) is 9.40. The average Bonchev–Trinajstić information content (AvgIpc) is 2.34. The zero-order valence-corrected chi connectivity index (χ0v) is 5.97. The van der Waals surface area contributed by atoms with Crippen molar-refractivity contribution >= 4 is 17.6 Å². The lowest BCUT2D eigenvalue weighted by Gasteiger charge is -1.92. The third kappa shape index (κ3) is 1.11. The van der Waals surface area contributed by atoms with Gasteiger partial charge in [-0.1, -0.05) is 11.6 Å². The molecule has 0 aliphatic heterocycles. The number of esters is 1. The predicted molar refractivity (Wildman–Crippen MR) is 34.9 cm³/mol. The maximum Gasteiger partial charge on any atom is 0.342 e. The van der Waals surface area contributed by atoms with E-state index < -0.39 is 5.97 Å². The highest BCUT2D eigenvalue weighted by Gasteiger charge is 2.10. The van der Waals surface area contributed by atoms with E-state index in [0.717, 1.165) is 0 Å². The number of methoxy groups -OCH3 is 1. The summed E-state index contributed by atoms with van der Waals surface area (Å²) in [7, 11) is 1.28. The minimum Gasteiger partial charge on any atom is -0.465 e. The molecule has 0 radical (unpaired) electrons. The molecule has 0 amide bonds. The summed E-state index contributed by atoms with van der Waals surface area (Å²) >= 11 is 5.49. The smallest absolute Gasteiger partial charge is 0.342 e. The molecular weight excluding hydrogens is 156 g/mol. The summed E-state index contributed by atoms with van der Waals surface area (Å²) in [5.74, 6) is -0.487. The Morgan fingerprint density at radius 2 is 2.60 bits per heavy atom. The Morgan fingerprint density at radius 3 is 3.00 bits per heavy atom. The topological polar surface area (TPSA) is 55.0 Å². The minimum atomic E-state index is -0.487. The highest BCUT2D eigenvalue weighted by molar-refractivity contribution is 6.32. The quantitative estimate of drug-likeness (QED) is 0.620. The van der Waals surface area contributed by atoms with Crippen molar-refractivity contribution in [1.29, 1.82) is 0 Å². The highest BCUT2D eigenvalue weighted by Crippen LogP contribution is 2.10. The first-order valence-corrected chi connectivity index (χ1v) is 2.90. The van der Waals surface area contributed by atoms with E-state index in [0.29, 0.717) is 0 Å². The Labute approximate surface area is 62.1 Å². The van der Waals surface area contributed by atoms with E-state index in [9.17, 15) is 4.79 Å². The second-order valence-electron chi connectivity index (χ2n) is 1.59. The first-order valence-electron chi connectivity index (χ1n) is 2.53. The molecule has 1 heterocycles. The minimum absolute atomic E-state index is 0.201. The summed E-state index contributed by atoms with van der Waals surface area (Å²) in [4.78, 5) is 10.7. The predicted octanol–water partition coefficient (Wildman–Crippen LogP) is 0.850. The van der Waals surface area contributed by atoms with Gasteiger partial charge in [0.15, 0.2) is 0 Å². The zero-order chi connectivity index (χ0) is 7.56. The van der Waals surface area contributed by atoms with Gasteiger partial charge in [-0.25, -0.2) is 4.79 Å². The molecule has 1 N–H and O–H groups in total. The van der Waals surface area contributed by atoms with Crippen molar-refractivity contribution in [3.8, 4) is 0 Å². The average molecular weight is 161 g/mol. The molecule has 1 aromatic heterocycles. The Morgan fingerprint density at radius 1 is 1.90 bits per heavy atom. The molecule has 54 valence electrons. The number of hydrogen-bond donors (Lipinski definition) is 1. The van der Waals surface area contributed by atoms with E-state index in [1.54, 1.807) is 0 Å². The van der Waals surface area contributed by atoms with Gasteiger partial charge in [-0.15, -0.1) is 0 Å². The van der Waals surface area contributed by atoms with Crippen molar-refractivity contribution < 1.29 is 9.53 Å². The fourth-order valence-corrected chi connectivity index (χ4v) is 0.697. The van der Waals surface area contributed by atoms with Gasteiger partial charge in [-0.2, -0.15) is 5.10 Å². The van der Waals surface area contributed by atoms with Crippen molar-refractivity contribution in [1.82, 2.24) is 10.2 Å². The van der Waals surface area contributed by atoms with Gasteiger partial charge in [0.2, 0.25) is 0 Å². The van der Waals surface area contributed by atoms with Gasteiger partial charge in [0.1, 0.15) is 10.7 Å². The van der Waals surface area contributed by atoms with Crippen LogP contribution in [0.3, 0.4) is 0 Å². The summed E-state index contributed by atoms with van der Waals surface area (Å²) in [6.45, 7) is 0. The van der Waals surface area contributed by atoms with Crippen LogP contribution in [0.15, 0.2) is 6.20 Å². The van der Waals surface area contributed by atoms with Crippen LogP contribution in [-0.2, 0) is 4.74 Å². The number of halogens is 1. The summed E-state index contributed by atoms with van der Waals surface area (Å²) < 4.78 is 4.39. The Hall–Kier alpha value is -1.03. The Balaban J connectivity index is 2.93. The lowest BCUT2D eigenvalue weighted by atomic mass is 10.4. The summed E-state index contributed by atoms with van der Waals surface area (Å²) in [5.41, 5.74) is 0.254. The number of nitrogens with one attached hydrogen (secondary N) is 1. The molecule has 0 saturated heterocycles. The summed E-state index contributed by atoms with van der Waals surface area (Å²) in [6, 6.07) is 0. The third-order valence-electron chi connectivity index (χ3n) is 0.998. The van der Waals surface area contributed by atoms with Gasteiger partial charge in [-0.3, -0.25) is 5.10 Å². The van der Waals surface area contributed by atoms with Gasteiger partial charge in [0.25, 0.3) is 0 Å². The number of ether oxygens (including phenoxy) is 1. The number of aromatic amines is 1. The van der Waals surface area contributed by atoms with E-state index in [2.05, 4.69) is 14.9 Å². The maximum atomic E-state index is 10.7. The standard InChI is InChI=1S/C5H5ClN2O2/c1-10-5(9)3-2-7-8-4(3)6/h2H,1H3,(H,7,8). The van der Waals surface area contributed by atoms with Crippen LogP contribution in [0.2, 0.25) is 5.15 Å². The third-order valence-corrected chi connectivity index (χ3v) is 1.29. The van der Waals surface area contributed by atoms with Crippen LogP contribution in [0.5, 0.6) is 0 Å². The second kappa shape index (κ2) is 2.70. The van der Waals surface area contributed by atoms with Crippen LogP contribution < -0.4 is 0 Å². The van der Waals surface area contributed by atoms with Crippen molar-refractivity contribution in [3.05, 3.63) is 16.9 Å². The molecule has 10 heavy (non-hydrogen) atoms. The molecule has 0 aliphatic rings. The van der Waals surface area contributed by atoms with Crippen molar-refractivity contribution in [2.75, 3.05) is 7.11 Å². The monoisotopic (exact) mass is 160 g/mol. The molecule has 0 atom stereocenters. The fourth-order valence-electron chi connectivity index (χ4n) is 0.523. The number of aromatic nitrogens is 2. The van der Waals surface area contributed by atoms with E-state index in [1.165, 1.54) is 13.3 Å². The highest BCUT2D eigenvalue weighted by atomic mass is 35.5. The van der Waals surface area contributed by atoms with Gasteiger partial charge < -0.3 is 4.74 Å². The van der Waals surface area contributed by atoms with E-state index >= 15 is 0 Å². The van der Waals surface area contributed by atoms with Crippen LogP contribution in [0, 0.1) is 0 Å². The molecule has 0 aromatic carbocycles. The van der Waals surface area contributed by atoms with Crippen LogP contribution in [0.1, 0.15) is 10.4 Å². The zero-order valence-electron chi connectivity index (χ0n) is 5.22. The molecule has 0 fully saturated rings. The number of rotatable bonds is 1. The van der Waals surface area contributed by atoms with E-state index in [1.807, 2.05) is 0 Å². The molecule has 1 rings (SSSR count). The van der Waals surface area contributed by atoms with Crippen molar-refractivity contribution in [3.63, 3.8) is 0 Å². The fraction of sp³-hybridized carbons (Fsp3) is 0.200. The first-order chi connectivity index (χ1) is 4.75. The largest absolute Gasteiger partial charge is 0.465 e. The number of nitrogens with zero attached hydrogens (tertiary/aromatic N) is 1. The lowest BCUT2D eigenvalue weighted by Crippen LogP contribution is -1.99. The van der Waals surface area contributed by atoms with Crippen LogP contribution in [-0.4, -0.2) is 23.3 Å². The van der Waals surface area contributed by atoms with Gasteiger partial charge in [0, 0.05) is 0 Å². The Kier molecular flexibility index (Phi) is 1.91. The maximum absolute atomic E-state index is 10.7. The van der Waals surface area contributed by atoms with E-state index in [-0.39, 0.29) is 10.7 Å². The van der Waals surface area contributed by atoms with Gasteiger partial charge in [0.05, 0.1) is 13.3 Å². The van der Waals surface area contributed by atoms with Crippen molar-refractivity contribution in [2.24, 2.45) is 0 Å². The van der Waals surface area contributed by atoms with Crippen LogP contribution >= 0.6 is 11.6 Å². The molecule has 0 bridgehead atoms. The number of carbonyl (C=O) groups excluding carboxylic acids is 1. The van der Waals surface area contributed by atoms with Gasteiger partial charge in [-0.05, 0) is 0 Å². The molecule has 0 saturated carbocycles. The number of hydrogen-bond acceptors (Lipinski definition) is 3. The Bertz CT molecular complexity index is 246. The summed E-state index contributed by atoms with van der Waals surface area (Å²) in [5, 5.41) is 6.13. The molecule has 1 aromatic rings. The number of carbonyl (C=O) groups is 1. The molecule has 0 spiro atoms. The van der Waals surface area contributed by atoms with Crippen molar-refractivity contribution in [2.45, 2.75) is 0 Å². The lowest BCUT2D eigenvalue weighted by molar-refractivity contribution is 0.0601. The van der Waals surface area contributed by atoms with Gasteiger partial charge >= 0.3 is 5.97 Å². The second-order valence-corrected chi connectivity index (χ2v) is 1.97. The van der Waals surface area contributed by atoms with Crippen LogP contribution in [0.4, 0.5) is 0 Å².